The highest BCUT2D eigenvalue weighted by Gasteiger charge is 2.15. The van der Waals surface area contributed by atoms with Crippen molar-refractivity contribution in [1.82, 2.24) is 14.9 Å². The summed E-state index contributed by atoms with van der Waals surface area (Å²) in [5.74, 6) is 0.175. The summed E-state index contributed by atoms with van der Waals surface area (Å²) in [6.07, 6.45) is 2.13. The molecule has 0 aliphatic rings. The lowest BCUT2D eigenvalue weighted by molar-refractivity contribution is -0.122. The van der Waals surface area contributed by atoms with Gasteiger partial charge in [0.2, 0.25) is 5.91 Å². The summed E-state index contributed by atoms with van der Waals surface area (Å²) in [6, 6.07) is 7.67. The van der Waals surface area contributed by atoms with Crippen LogP contribution >= 0.6 is 0 Å². The zero-order valence-electron chi connectivity index (χ0n) is 11.9. The Morgan fingerprint density at radius 1 is 1.40 bits per heavy atom. The second-order valence-electron chi connectivity index (χ2n) is 5.28. The Morgan fingerprint density at radius 3 is 2.85 bits per heavy atom. The Bertz CT molecular complexity index is 577. The number of nitrogens with zero attached hydrogens (tertiary/aromatic N) is 2. The predicted molar refractivity (Wildman–Crippen MR) is 78.2 cm³/mol. The number of amides is 1. The minimum Gasteiger partial charge on any atom is -0.394 e. The van der Waals surface area contributed by atoms with Crippen molar-refractivity contribution in [2.45, 2.75) is 32.9 Å². The van der Waals surface area contributed by atoms with Crippen LogP contribution in [0.4, 0.5) is 0 Å². The first-order valence-corrected chi connectivity index (χ1v) is 6.92. The molecule has 0 fully saturated rings. The van der Waals surface area contributed by atoms with Crippen molar-refractivity contribution in [3.05, 3.63) is 30.6 Å². The molecule has 5 heteroatoms. The number of aromatic nitrogens is 2. The van der Waals surface area contributed by atoms with E-state index in [9.17, 15) is 9.90 Å². The number of imidazole rings is 1. The molecule has 1 heterocycles. The molecule has 1 unspecified atom stereocenters. The Hall–Kier alpha value is -1.88. The van der Waals surface area contributed by atoms with Gasteiger partial charge in [-0.15, -0.1) is 0 Å². The fraction of sp³-hybridized carbons (Fsp3) is 0.467. The van der Waals surface area contributed by atoms with E-state index >= 15 is 0 Å². The maximum absolute atomic E-state index is 11.9. The van der Waals surface area contributed by atoms with Crippen LogP contribution in [0.5, 0.6) is 0 Å². The molecule has 0 aliphatic heterocycles. The van der Waals surface area contributed by atoms with Gasteiger partial charge in [0.05, 0.1) is 30.0 Å². The third kappa shape index (κ3) is 3.36. The van der Waals surface area contributed by atoms with Crippen LogP contribution in [0.3, 0.4) is 0 Å². The molecule has 0 saturated heterocycles. The quantitative estimate of drug-likeness (QED) is 0.840. The van der Waals surface area contributed by atoms with Gasteiger partial charge < -0.3 is 15.0 Å². The van der Waals surface area contributed by atoms with Crippen molar-refractivity contribution >= 4 is 16.9 Å². The van der Waals surface area contributed by atoms with Crippen molar-refractivity contribution in [1.29, 1.82) is 0 Å². The van der Waals surface area contributed by atoms with E-state index < -0.39 is 0 Å². The summed E-state index contributed by atoms with van der Waals surface area (Å²) in [5.41, 5.74) is 1.96. The van der Waals surface area contributed by atoms with Crippen molar-refractivity contribution < 1.29 is 9.90 Å². The molecule has 2 N–H and O–H groups in total. The fourth-order valence-corrected chi connectivity index (χ4v) is 2.11. The number of carbonyl (C=O) groups excluding carboxylic acids is 1. The van der Waals surface area contributed by atoms with Crippen LogP contribution in [0.2, 0.25) is 0 Å². The molecule has 0 aliphatic carbocycles. The summed E-state index contributed by atoms with van der Waals surface area (Å²) in [6.45, 7) is 4.51. The summed E-state index contributed by atoms with van der Waals surface area (Å²) in [7, 11) is 0. The van der Waals surface area contributed by atoms with Crippen LogP contribution in [-0.2, 0) is 11.3 Å². The zero-order chi connectivity index (χ0) is 14.5. The first-order valence-electron chi connectivity index (χ1n) is 6.92. The number of fused-ring (bicyclic) bond motifs is 1. The largest absolute Gasteiger partial charge is 0.394 e. The Balaban J connectivity index is 1.93. The molecule has 108 valence electrons. The van der Waals surface area contributed by atoms with E-state index in [0.717, 1.165) is 11.0 Å². The number of aryl methyl sites for hydroxylation is 1. The molecule has 0 saturated carbocycles. The Labute approximate surface area is 118 Å². The van der Waals surface area contributed by atoms with Gasteiger partial charge in [-0.25, -0.2) is 4.98 Å². The summed E-state index contributed by atoms with van der Waals surface area (Å²) in [5, 5.41) is 12.1. The average Bonchev–Trinajstić information content (AvgIpc) is 2.85. The molecular formula is C15H21N3O2. The highest BCUT2D eigenvalue weighted by Crippen LogP contribution is 2.12. The Morgan fingerprint density at radius 2 is 2.15 bits per heavy atom. The molecule has 0 bridgehead atoms. The normalized spacial score (nSPS) is 12.8. The van der Waals surface area contributed by atoms with Gasteiger partial charge in [0.15, 0.2) is 0 Å². The van der Waals surface area contributed by atoms with E-state index in [1.54, 1.807) is 6.33 Å². The van der Waals surface area contributed by atoms with Crippen molar-refractivity contribution in [3.63, 3.8) is 0 Å². The van der Waals surface area contributed by atoms with E-state index in [4.69, 9.17) is 0 Å². The number of carbonyl (C=O) groups is 1. The summed E-state index contributed by atoms with van der Waals surface area (Å²) < 4.78 is 1.97. The molecule has 0 spiro atoms. The third-order valence-electron chi connectivity index (χ3n) is 3.45. The maximum atomic E-state index is 11.9. The number of para-hydroxylation sites is 2. The second kappa shape index (κ2) is 6.52. The SMILES string of the molecule is CC(C)C(CO)NC(=O)CCn1cnc2ccccc21. The number of aliphatic hydroxyl groups excluding tert-OH is 1. The molecule has 20 heavy (non-hydrogen) atoms. The maximum Gasteiger partial charge on any atom is 0.222 e. The number of benzene rings is 1. The first kappa shape index (κ1) is 14.5. The molecule has 0 radical (unpaired) electrons. The number of nitrogens with one attached hydrogen (secondary N) is 1. The van der Waals surface area contributed by atoms with E-state index in [1.165, 1.54) is 0 Å². The molecular weight excluding hydrogens is 254 g/mol. The highest BCUT2D eigenvalue weighted by atomic mass is 16.3. The van der Waals surface area contributed by atoms with E-state index in [2.05, 4.69) is 10.3 Å². The second-order valence-corrected chi connectivity index (χ2v) is 5.28. The van der Waals surface area contributed by atoms with Crippen LogP contribution in [0.15, 0.2) is 30.6 Å². The molecule has 2 aromatic rings. The van der Waals surface area contributed by atoms with Crippen molar-refractivity contribution in [3.8, 4) is 0 Å². The minimum absolute atomic E-state index is 0.0303. The first-order chi connectivity index (χ1) is 9.61. The van der Waals surface area contributed by atoms with Crippen LogP contribution in [0.1, 0.15) is 20.3 Å². The standard InChI is InChI=1S/C15H21N3O2/c1-11(2)13(9-19)17-15(20)7-8-18-10-16-12-5-3-4-6-14(12)18/h3-6,10-11,13,19H,7-9H2,1-2H3,(H,17,20). The van der Waals surface area contributed by atoms with Crippen LogP contribution in [-0.4, -0.2) is 33.2 Å². The number of aliphatic hydroxyl groups is 1. The number of hydrogen-bond donors (Lipinski definition) is 2. The van der Waals surface area contributed by atoms with Gasteiger partial charge in [0.25, 0.3) is 0 Å². The van der Waals surface area contributed by atoms with E-state index in [-0.39, 0.29) is 24.5 Å². The lowest BCUT2D eigenvalue weighted by Crippen LogP contribution is -2.41. The number of rotatable bonds is 6. The molecule has 2 rings (SSSR count). The van der Waals surface area contributed by atoms with E-state index in [0.29, 0.717) is 13.0 Å². The molecule has 1 aromatic heterocycles. The van der Waals surface area contributed by atoms with Gasteiger partial charge in [-0.2, -0.15) is 0 Å². The van der Waals surface area contributed by atoms with Gasteiger partial charge in [0.1, 0.15) is 0 Å². The minimum atomic E-state index is -0.179. The lowest BCUT2D eigenvalue weighted by atomic mass is 10.1. The number of hydrogen-bond acceptors (Lipinski definition) is 3. The van der Waals surface area contributed by atoms with E-state index in [1.807, 2.05) is 42.7 Å². The molecule has 1 aromatic carbocycles. The Kier molecular flexibility index (Phi) is 4.74. The van der Waals surface area contributed by atoms with Crippen LogP contribution in [0.25, 0.3) is 11.0 Å². The van der Waals surface area contributed by atoms with Gasteiger partial charge in [-0.05, 0) is 18.1 Å². The lowest BCUT2D eigenvalue weighted by Gasteiger charge is -2.19. The van der Waals surface area contributed by atoms with Gasteiger partial charge in [0, 0.05) is 13.0 Å². The summed E-state index contributed by atoms with van der Waals surface area (Å²) in [4.78, 5) is 16.2. The average molecular weight is 275 g/mol. The van der Waals surface area contributed by atoms with Gasteiger partial charge in [-0.3, -0.25) is 4.79 Å². The van der Waals surface area contributed by atoms with Crippen LogP contribution < -0.4 is 5.32 Å². The highest BCUT2D eigenvalue weighted by molar-refractivity contribution is 5.77. The van der Waals surface area contributed by atoms with Gasteiger partial charge in [-0.1, -0.05) is 26.0 Å². The monoisotopic (exact) mass is 275 g/mol. The smallest absolute Gasteiger partial charge is 0.222 e. The topological polar surface area (TPSA) is 67.2 Å². The molecule has 5 nitrogen and oxygen atoms in total. The predicted octanol–water partition coefficient (Wildman–Crippen LogP) is 1.56. The summed E-state index contributed by atoms with van der Waals surface area (Å²) >= 11 is 0. The third-order valence-corrected chi connectivity index (χ3v) is 3.45. The van der Waals surface area contributed by atoms with Crippen molar-refractivity contribution in [2.75, 3.05) is 6.61 Å². The van der Waals surface area contributed by atoms with Crippen molar-refractivity contribution in [2.24, 2.45) is 5.92 Å². The zero-order valence-corrected chi connectivity index (χ0v) is 11.9. The van der Waals surface area contributed by atoms with Gasteiger partial charge >= 0.3 is 0 Å². The fourth-order valence-electron chi connectivity index (χ4n) is 2.11. The molecule has 1 amide bonds. The van der Waals surface area contributed by atoms with Crippen LogP contribution in [0, 0.1) is 5.92 Å². The molecule has 1 atom stereocenters.